The van der Waals surface area contributed by atoms with Crippen molar-refractivity contribution in [3.05, 3.63) is 36.1 Å². The molecule has 0 aromatic carbocycles. The van der Waals surface area contributed by atoms with Crippen LogP contribution in [0.4, 0.5) is 0 Å². The fourth-order valence-corrected chi connectivity index (χ4v) is 1.78. The number of allylic oxidation sites excluding steroid dienone is 3. The summed E-state index contributed by atoms with van der Waals surface area (Å²) >= 11 is 0. The van der Waals surface area contributed by atoms with Gasteiger partial charge in [0.05, 0.1) is 11.2 Å². The van der Waals surface area contributed by atoms with Gasteiger partial charge in [0.1, 0.15) is 0 Å². The van der Waals surface area contributed by atoms with E-state index in [1.807, 2.05) is 30.3 Å². The Bertz CT molecular complexity index is 394. The van der Waals surface area contributed by atoms with Gasteiger partial charge in [-0.2, -0.15) is 0 Å². The standard InChI is InChI=1S/C13H20BNO2/c1-10-7-8-11(9-15(10)6)14-16-12(2,3)13(4,5)17-14/h7-9H,1H2,2-6H3. The van der Waals surface area contributed by atoms with E-state index < -0.39 is 0 Å². The zero-order chi connectivity index (χ0) is 12.8. The number of rotatable bonds is 1. The van der Waals surface area contributed by atoms with Gasteiger partial charge in [0, 0.05) is 18.9 Å². The van der Waals surface area contributed by atoms with Crippen LogP contribution in [0.2, 0.25) is 0 Å². The average molecular weight is 233 g/mol. The fourth-order valence-electron chi connectivity index (χ4n) is 1.78. The van der Waals surface area contributed by atoms with E-state index >= 15 is 0 Å². The molecule has 0 aromatic heterocycles. The fraction of sp³-hybridized carbons (Fsp3) is 0.538. The van der Waals surface area contributed by atoms with E-state index in [0.717, 1.165) is 11.2 Å². The summed E-state index contributed by atoms with van der Waals surface area (Å²) in [6, 6.07) is 0. The first-order chi connectivity index (χ1) is 7.73. The molecular weight excluding hydrogens is 213 g/mol. The highest BCUT2D eigenvalue weighted by Gasteiger charge is 2.52. The van der Waals surface area contributed by atoms with Crippen molar-refractivity contribution in [3.8, 4) is 0 Å². The molecule has 0 amide bonds. The second kappa shape index (κ2) is 3.75. The first-order valence-electron chi connectivity index (χ1n) is 5.90. The van der Waals surface area contributed by atoms with Gasteiger partial charge in [0.2, 0.25) is 0 Å². The molecule has 2 rings (SSSR count). The Kier molecular flexibility index (Phi) is 2.75. The number of nitrogens with zero attached hydrogens (tertiary/aromatic N) is 1. The summed E-state index contributed by atoms with van der Waals surface area (Å²) in [5.41, 5.74) is 1.41. The van der Waals surface area contributed by atoms with Crippen molar-refractivity contribution >= 4 is 7.12 Å². The summed E-state index contributed by atoms with van der Waals surface area (Å²) in [6.45, 7) is 12.2. The Morgan fingerprint density at radius 2 is 1.65 bits per heavy atom. The Hall–Kier alpha value is -0.995. The second-order valence-corrected chi connectivity index (χ2v) is 5.65. The van der Waals surface area contributed by atoms with Crippen LogP contribution in [0.1, 0.15) is 27.7 Å². The Morgan fingerprint density at radius 3 is 2.12 bits per heavy atom. The smallest absolute Gasteiger partial charge is 0.399 e. The molecule has 2 aliphatic rings. The van der Waals surface area contributed by atoms with Crippen LogP contribution in [0, 0.1) is 0 Å². The normalized spacial score (nSPS) is 26.4. The molecule has 0 saturated carbocycles. The third-order valence-electron chi connectivity index (χ3n) is 3.79. The molecule has 0 aromatic rings. The van der Waals surface area contributed by atoms with Gasteiger partial charge in [0.25, 0.3) is 0 Å². The minimum Gasteiger partial charge on any atom is -0.399 e. The molecule has 4 heteroatoms. The molecule has 0 bridgehead atoms. The minimum atomic E-state index is -0.299. The van der Waals surface area contributed by atoms with Gasteiger partial charge >= 0.3 is 7.12 Å². The van der Waals surface area contributed by atoms with Crippen molar-refractivity contribution < 1.29 is 9.31 Å². The van der Waals surface area contributed by atoms with Crippen LogP contribution >= 0.6 is 0 Å². The molecule has 92 valence electrons. The zero-order valence-corrected chi connectivity index (χ0v) is 11.3. The lowest BCUT2D eigenvalue weighted by Gasteiger charge is -2.32. The van der Waals surface area contributed by atoms with E-state index in [2.05, 4.69) is 34.3 Å². The predicted octanol–water partition coefficient (Wildman–Crippen LogP) is 2.52. The number of hydrogen-bond donors (Lipinski definition) is 0. The first-order valence-corrected chi connectivity index (χ1v) is 5.90. The van der Waals surface area contributed by atoms with Crippen LogP contribution in [0.3, 0.4) is 0 Å². The van der Waals surface area contributed by atoms with Crippen LogP contribution in [0.25, 0.3) is 0 Å². The van der Waals surface area contributed by atoms with Crippen LogP contribution < -0.4 is 0 Å². The van der Waals surface area contributed by atoms with Gasteiger partial charge in [-0.05, 0) is 39.2 Å². The molecule has 0 N–H and O–H groups in total. The summed E-state index contributed by atoms with van der Waals surface area (Å²) in [5.74, 6) is 0. The third kappa shape index (κ3) is 2.07. The SMILES string of the molecule is C=C1C=CC(B2OC(C)(C)C(C)(C)O2)=CN1C. The van der Waals surface area contributed by atoms with Gasteiger partial charge < -0.3 is 14.2 Å². The lowest BCUT2D eigenvalue weighted by Crippen LogP contribution is -2.41. The van der Waals surface area contributed by atoms with Crippen LogP contribution in [-0.2, 0) is 9.31 Å². The zero-order valence-electron chi connectivity index (χ0n) is 11.3. The largest absolute Gasteiger partial charge is 0.496 e. The molecule has 0 spiro atoms. The second-order valence-electron chi connectivity index (χ2n) is 5.65. The molecular formula is C13H20BNO2. The molecule has 3 nitrogen and oxygen atoms in total. The molecule has 0 unspecified atom stereocenters. The molecule has 1 fully saturated rings. The van der Waals surface area contributed by atoms with Gasteiger partial charge in [-0.25, -0.2) is 0 Å². The third-order valence-corrected chi connectivity index (χ3v) is 3.79. The summed E-state index contributed by atoms with van der Waals surface area (Å²) in [6.07, 6.45) is 5.98. The van der Waals surface area contributed by atoms with Gasteiger partial charge in [-0.3, -0.25) is 0 Å². The van der Waals surface area contributed by atoms with Crippen molar-refractivity contribution in [1.82, 2.24) is 4.90 Å². The van der Waals surface area contributed by atoms with Crippen LogP contribution in [0.15, 0.2) is 36.1 Å². The monoisotopic (exact) mass is 233 g/mol. The van der Waals surface area contributed by atoms with E-state index in [9.17, 15) is 0 Å². The molecule has 2 heterocycles. The van der Waals surface area contributed by atoms with E-state index in [-0.39, 0.29) is 18.3 Å². The molecule has 1 saturated heterocycles. The van der Waals surface area contributed by atoms with E-state index in [1.54, 1.807) is 0 Å². The predicted molar refractivity (Wildman–Crippen MR) is 70.2 cm³/mol. The summed E-state index contributed by atoms with van der Waals surface area (Å²) in [5, 5.41) is 0. The van der Waals surface area contributed by atoms with E-state index in [1.165, 1.54) is 0 Å². The summed E-state index contributed by atoms with van der Waals surface area (Å²) in [4.78, 5) is 1.97. The Balaban J connectivity index is 2.20. The number of likely N-dealkylation sites (N-methyl/N-ethyl adjacent to an activating group) is 1. The Morgan fingerprint density at radius 1 is 1.12 bits per heavy atom. The molecule has 0 radical (unpaired) electrons. The van der Waals surface area contributed by atoms with Crippen LogP contribution in [0.5, 0.6) is 0 Å². The van der Waals surface area contributed by atoms with Gasteiger partial charge in [0.15, 0.2) is 0 Å². The molecule has 0 aliphatic carbocycles. The molecule has 2 aliphatic heterocycles. The Labute approximate surface area is 104 Å². The van der Waals surface area contributed by atoms with Crippen LogP contribution in [-0.4, -0.2) is 30.3 Å². The highest BCUT2D eigenvalue weighted by Crippen LogP contribution is 2.39. The van der Waals surface area contributed by atoms with Crippen molar-refractivity contribution in [2.45, 2.75) is 38.9 Å². The number of hydrogen-bond acceptors (Lipinski definition) is 3. The van der Waals surface area contributed by atoms with Crippen molar-refractivity contribution in [3.63, 3.8) is 0 Å². The molecule has 0 atom stereocenters. The van der Waals surface area contributed by atoms with Gasteiger partial charge in [-0.15, -0.1) is 0 Å². The summed E-state index contributed by atoms with van der Waals surface area (Å²) in [7, 11) is 1.67. The van der Waals surface area contributed by atoms with Crippen molar-refractivity contribution in [2.24, 2.45) is 0 Å². The summed E-state index contributed by atoms with van der Waals surface area (Å²) < 4.78 is 12.0. The van der Waals surface area contributed by atoms with Crippen molar-refractivity contribution in [1.29, 1.82) is 0 Å². The maximum atomic E-state index is 5.99. The minimum absolute atomic E-state index is 0.292. The highest BCUT2D eigenvalue weighted by molar-refractivity contribution is 6.55. The first kappa shape index (κ1) is 12.5. The highest BCUT2D eigenvalue weighted by atomic mass is 16.7. The van der Waals surface area contributed by atoms with Crippen molar-refractivity contribution in [2.75, 3.05) is 7.05 Å². The van der Waals surface area contributed by atoms with E-state index in [0.29, 0.717) is 0 Å². The topological polar surface area (TPSA) is 21.7 Å². The maximum Gasteiger partial charge on any atom is 0.496 e. The van der Waals surface area contributed by atoms with Gasteiger partial charge in [-0.1, -0.05) is 12.7 Å². The molecule has 17 heavy (non-hydrogen) atoms. The lowest BCUT2D eigenvalue weighted by molar-refractivity contribution is 0.00578. The lowest BCUT2D eigenvalue weighted by atomic mass is 9.77. The average Bonchev–Trinajstić information content (AvgIpc) is 2.41. The quantitative estimate of drug-likeness (QED) is 0.649. The van der Waals surface area contributed by atoms with E-state index in [4.69, 9.17) is 9.31 Å². The maximum absolute atomic E-state index is 5.99.